The Morgan fingerprint density at radius 2 is 1.66 bits per heavy atom. The van der Waals surface area contributed by atoms with Crippen LogP contribution in [0, 0.1) is 0 Å². The number of nitrogens with two attached hydrogens (primary N) is 1. The zero-order valence-corrected chi connectivity index (χ0v) is 30.0. The standard InChI is InChI=1S/C37H40N2O19/c38-21-2-1-13(11-39-21)15-3-5-37(33(50)29(48)28(47)32(58-37)35(53)56-36-30(49)26(45)27(46)31(55-36)34(51)52)57-20-10-19-23(25(44)22(15)20)16(41)9-18(54-19)14-7-12(4-6-40)24(43)17(42)8-14/h1-2,7-11,15,21,26-33,36,39-40,42-50H,3-6,38H2,(H,51,52). The van der Waals surface area contributed by atoms with Gasteiger partial charge in [0.05, 0.1) is 6.17 Å². The quantitative estimate of drug-likeness (QED) is 0.0853. The van der Waals surface area contributed by atoms with E-state index in [-0.39, 0.29) is 52.0 Å². The lowest BCUT2D eigenvalue weighted by Gasteiger charge is -2.47. The lowest BCUT2D eigenvalue weighted by atomic mass is 9.82. The number of carboxylic acids is 1. The first-order valence-electron chi connectivity index (χ1n) is 17.9. The minimum atomic E-state index is -2.47. The van der Waals surface area contributed by atoms with Crippen molar-refractivity contribution >= 4 is 22.9 Å². The van der Waals surface area contributed by atoms with Crippen LogP contribution in [0.25, 0.3) is 22.3 Å². The van der Waals surface area contributed by atoms with Crippen LogP contribution in [-0.4, -0.2) is 142 Å². The monoisotopic (exact) mass is 816 g/mol. The van der Waals surface area contributed by atoms with Crippen molar-refractivity contribution in [1.82, 2.24) is 5.32 Å². The van der Waals surface area contributed by atoms with Gasteiger partial charge in [-0.05, 0) is 36.6 Å². The van der Waals surface area contributed by atoms with E-state index in [0.717, 1.165) is 12.1 Å². The highest BCUT2D eigenvalue weighted by Gasteiger charge is 2.60. The van der Waals surface area contributed by atoms with E-state index < -0.39 is 121 Å². The van der Waals surface area contributed by atoms with Crippen LogP contribution in [0.4, 0.5) is 0 Å². The number of rotatable bonds is 7. The number of phenols is 3. The second-order valence-corrected chi connectivity index (χ2v) is 14.3. The molecule has 12 atom stereocenters. The Bertz CT molecular complexity index is 2240. The molecule has 58 heavy (non-hydrogen) atoms. The fourth-order valence-electron chi connectivity index (χ4n) is 7.57. The SMILES string of the molecule is NC1C=CC(C2CCC3(Oc4cc5oc(-c6cc(O)c(O)c(CCO)c6)cc(=O)c5c(O)c42)OC(C(=O)OC2OC(C(=O)O)C(O)C(O)C2O)C(O)C(O)C3O)=CN1. The maximum absolute atomic E-state index is 13.7. The lowest BCUT2D eigenvalue weighted by Crippen LogP contribution is -2.68. The highest BCUT2D eigenvalue weighted by atomic mass is 16.8. The number of dihydropyridines is 1. The van der Waals surface area contributed by atoms with Crippen LogP contribution < -0.4 is 21.2 Å². The minimum absolute atomic E-state index is 0.0355. The summed E-state index contributed by atoms with van der Waals surface area (Å²) >= 11 is 0. The van der Waals surface area contributed by atoms with Crippen LogP contribution in [0.1, 0.15) is 29.9 Å². The summed E-state index contributed by atoms with van der Waals surface area (Å²) in [4.78, 5) is 38.9. The van der Waals surface area contributed by atoms with Crippen molar-refractivity contribution in [2.24, 2.45) is 5.73 Å². The van der Waals surface area contributed by atoms with Crippen LogP contribution in [-0.2, 0) is 30.2 Å². The van der Waals surface area contributed by atoms with E-state index in [2.05, 4.69) is 5.32 Å². The molecule has 0 bridgehead atoms. The summed E-state index contributed by atoms with van der Waals surface area (Å²) in [5.41, 5.74) is 5.55. The van der Waals surface area contributed by atoms with E-state index in [4.69, 9.17) is 29.1 Å². The largest absolute Gasteiger partial charge is 0.507 e. The number of aromatic hydroxyl groups is 3. The molecule has 5 heterocycles. The molecule has 1 spiro atoms. The number of carboxylic acid groups (broad SMARTS) is 1. The molecule has 0 saturated carbocycles. The summed E-state index contributed by atoms with van der Waals surface area (Å²) in [6.07, 6.45) is -16.2. The molecule has 4 aliphatic rings. The number of hydrogen-bond acceptors (Lipinski definition) is 20. The second kappa shape index (κ2) is 15.4. The van der Waals surface area contributed by atoms with Crippen LogP contribution in [0.15, 0.2) is 57.4 Å². The first-order valence-corrected chi connectivity index (χ1v) is 17.9. The number of nitrogens with one attached hydrogen (secondary N) is 1. The van der Waals surface area contributed by atoms with Crippen molar-refractivity contribution in [2.45, 2.75) is 92.3 Å². The fraction of sp³-hybridized carbons (Fsp3) is 0.432. The first kappa shape index (κ1) is 40.9. The van der Waals surface area contributed by atoms with Crippen LogP contribution in [0.3, 0.4) is 0 Å². The number of esters is 1. The number of phenolic OH excluding ortho intramolecular Hbond substituents is 3. The molecule has 12 unspecified atom stereocenters. The molecule has 1 aromatic heterocycles. The molecule has 21 nitrogen and oxygen atoms in total. The van der Waals surface area contributed by atoms with Crippen molar-refractivity contribution < 1.29 is 89.1 Å². The average Bonchev–Trinajstić information content (AvgIpc) is 3.34. The molecule has 2 fully saturated rings. The summed E-state index contributed by atoms with van der Waals surface area (Å²) in [5.74, 6) is -8.92. The van der Waals surface area contributed by atoms with E-state index >= 15 is 0 Å². The van der Waals surface area contributed by atoms with Gasteiger partial charge in [0.25, 0.3) is 0 Å². The van der Waals surface area contributed by atoms with Gasteiger partial charge >= 0.3 is 11.9 Å². The number of aliphatic hydroxyl groups is 7. The summed E-state index contributed by atoms with van der Waals surface area (Å²) in [5, 5.41) is 118. The molecule has 0 amide bonds. The zero-order chi connectivity index (χ0) is 42.0. The zero-order valence-electron chi connectivity index (χ0n) is 30.0. The van der Waals surface area contributed by atoms with E-state index in [1.54, 1.807) is 12.2 Å². The van der Waals surface area contributed by atoms with E-state index in [1.807, 2.05) is 0 Å². The Morgan fingerprint density at radius 3 is 2.33 bits per heavy atom. The number of fused-ring (bicyclic) bond motifs is 2. The molecule has 4 aliphatic heterocycles. The predicted octanol–water partition coefficient (Wildman–Crippen LogP) is -2.69. The fourth-order valence-corrected chi connectivity index (χ4v) is 7.57. The topological polar surface area (TPSA) is 362 Å². The molecule has 0 aliphatic carbocycles. The van der Waals surface area contributed by atoms with Crippen LogP contribution in [0.2, 0.25) is 0 Å². The maximum Gasteiger partial charge on any atom is 0.340 e. The van der Waals surface area contributed by atoms with Crippen molar-refractivity contribution in [3.05, 3.63) is 69.5 Å². The van der Waals surface area contributed by atoms with E-state index in [0.29, 0.717) is 5.57 Å². The van der Waals surface area contributed by atoms with Gasteiger partial charge in [-0.25, -0.2) is 9.59 Å². The van der Waals surface area contributed by atoms with Gasteiger partial charge in [0.1, 0.15) is 64.9 Å². The molecule has 0 radical (unpaired) electrons. The number of aliphatic carboxylic acids is 1. The van der Waals surface area contributed by atoms with Gasteiger partial charge in [-0.1, -0.05) is 6.08 Å². The Balaban J connectivity index is 1.32. The van der Waals surface area contributed by atoms with Gasteiger partial charge in [-0.15, -0.1) is 0 Å². The molecule has 2 saturated heterocycles. The van der Waals surface area contributed by atoms with Gasteiger partial charge in [-0.3, -0.25) is 4.79 Å². The second-order valence-electron chi connectivity index (χ2n) is 14.3. The van der Waals surface area contributed by atoms with Crippen molar-refractivity contribution in [3.8, 4) is 34.3 Å². The predicted molar refractivity (Wildman–Crippen MR) is 191 cm³/mol. The summed E-state index contributed by atoms with van der Waals surface area (Å²) in [6.45, 7) is -0.390. The summed E-state index contributed by atoms with van der Waals surface area (Å²) in [7, 11) is 0. The summed E-state index contributed by atoms with van der Waals surface area (Å²) < 4.78 is 28.4. The molecular formula is C37H40N2O19. The number of carbonyl (C=O) groups excluding carboxylic acids is 1. The van der Waals surface area contributed by atoms with Gasteiger partial charge in [-0.2, -0.15) is 0 Å². The number of hydrogen-bond donors (Lipinski definition) is 13. The number of ether oxygens (including phenoxy) is 4. The van der Waals surface area contributed by atoms with E-state index in [9.17, 15) is 70.6 Å². The van der Waals surface area contributed by atoms with Crippen molar-refractivity contribution in [1.29, 1.82) is 0 Å². The van der Waals surface area contributed by atoms with Crippen LogP contribution in [0.5, 0.6) is 23.0 Å². The average molecular weight is 817 g/mol. The Hall–Kier alpha value is -5.33. The molecule has 7 rings (SSSR count). The third-order valence-corrected chi connectivity index (χ3v) is 10.6. The van der Waals surface area contributed by atoms with Crippen molar-refractivity contribution in [2.75, 3.05) is 6.61 Å². The molecule has 3 aromatic rings. The highest BCUT2D eigenvalue weighted by Crippen LogP contribution is 2.52. The number of aliphatic hydroxyl groups excluding tert-OH is 7. The maximum atomic E-state index is 13.7. The molecule has 312 valence electrons. The number of benzene rings is 2. The van der Waals surface area contributed by atoms with Crippen molar-refractivity contribution in [3.63, 3.8) is 0 Å². The Labute approximate surface area is 325 Å². The molecular weight excluding hydrogens is 776 g/mol. The lowest BCUT2D eigenvalue weighted by molar-refractivity contribution is -0.338. The third-order valence-electron chi connectivity index (χ3n) is 10.6. The van der Waals surface area contributed by atoms with Crippen LogP contribution >= 0.6 is 0 Å². The van der Waals surface area contributed by atoms with Gasteiger partial charge in [0, 0.05) is 54.0 Å². The number of allylic oxidation sites excluding steroid dienone is 2. The first-order chi connectivity index (χ1) is 27.5. The van der Waals surface area contributed by atoms with Gasteiger partial charge in [0.15, 0.2) is 29.1 Å². The molecule has 21 heteroatoms. The smallest absolute Gasteiger partial charge is 0.340 e. The molecule has 14 N–H and O–H groups in total. The molecule has 2 aromatic carbocycles. The highest BCUT2D eigenvalue weighted by molar-refractivity contribution is 5.89. The number of carbonyl (C=O) groups is 2. The van der Waals surface area contributed by atoms with Gasteiger partial charge < -0.3 is 90.6 Å². The van der Waals surface area contributed by atoms with E-state index in [1.165, 1.54) is 18.3 Å². The third kappa shape index (κ3) is 7.00. The normalized spacial score (nSPS) is 33.4. The Kier molecular flexibility index (Phi) is 10.9. The summed E-state index contributed by atoms with van der Waals surface area (Å²) in [6, 6.07) is 4.66. The Morgan fingerprint density at radius 1 is 0.931 bits per heavy atom. The minimum Gasteiger partial charge on any atom is -0.507 e. The van der Waals surface area contributed by atoms with Gasteiger partial charge in [0.2, 0.25) is 12.1 Å².